The van der Waals surface area contributed by atoms with Gasteiger partial charge in [0.1, 0.15) is 5.75 Å². The van der Waals surface area contributed by atoms with Crippen LogP contribution in [0.4, 0.5) is 0 Å². The van der Waals surface area contributed by atoms with Gasteiger partial charge in [-0.2, -0.15) is 0 Å². The lowest BCUT2D eigenvalue weighted by Crippen LogP contribution is -2.31. The second-order valence-electron chi connectivity index (χ2n) is 5.03. The molecular weight excluding hydrogens is 246 g/mol. The highest BCUT2D eigenvalue weighted by molar-refractivity contribution is 5.81. The molecule has 1 heterocycles. The van der Waals surface area contributed by atoms with Crippen LogP contribution in [0.3, 0.4) is 0 Å². The molecule has 1 aliphatic heterocycles. The summed E-state index contributed by atoms with van der Waals surface area (Å²) in [6.07, 6.45) is 0.103. The molecule has 0 spiro atoms. The van der Waals surface area contributed by atoms with Gasteiger partial charge in [0.05, 0.1) is 12.3 Å². The van der Waals surface area contributed by atoms with Crippen molar-refractivity contribution < 1.29 is 19.8 Å². The van der Waals surface area contributed by atoms with Gasteiger partial charge in [-0.15, -0.1) is 0 Å². The fourth-order valence-corrected chi connectivity index (χ4v) is 2.43. The number of hydrogen-bond acceptors (Lipinski definition) is 3. The molecule has 1 fully saturated rings. The Bertz CT molecular complexity index is 500. The van der Waals surface area contributed by atoms with Crippen molar-refractivity contribution in [3.05, 3.63) is 29.8 Å². The lowest BCUT2D eigenvalue weighted by atomic mass is 9.99. The number of phenols is 1. The topological polar surface area (TPSA) is 77.8 Å². The molecule has 1 saturated heterocycles. The van der Waals surface area contributed by atoms with Crippen LogP contribution < -0.4 is 0 Å². The van der Waals surface area contributed by atoms with Crippen LogP contribution >= 0.6 is 0 Å². The number of likely N-dealkylation sites (tertiary alicyclic amines) is 1. The Labute approximate surface area is 111 Å². The largest absolute Gasteiger partial charge is 0.508 e. The maximum Gasteiger partial charge on any atom is 0.308 e. The highest BCUT2D eigenvalue weighted by atomic mass is 16.4. The van der Waals surface area contributed by atoms with Crippen LogP contribution in [0.15, 0.2) is 24.3 Å². The summed E-state index contributed by atoms with van der Waals surface area (Å²) in [5.74, 6) is -1.43. The molecule has 0 saturated carbocycles. The Kier molecular flexibility index (Phi) is 3.74. The van der Waals surface area contributed by atoms with Crippen molar-refractivity contribution >= 4 is 11.9 Å². The number of amides is 1. The molecule has 1 aromatic rings. The Morgan fingerprint density at radius 1 is 1.32 bits per heavy atom. The molecule has 1 amide bonds. The molecule has 0 radical (unpaired) electrons. The number of carbonyl (C=O) groups is 2. The number of nitrogens with zero attached hydrogens (tertiary/aromatic N) is 1. The van der Waals surface area contributed by atoms with Gasteiger partial charge in [-0.1, -0.05) is 25.1 Å². The SMILES string of the molecule is C[C@@H]1CN(C(=O)Cc2ccccc2O)C[C@H]1C(=O)O. The Morgan fingerprint density at radius 3 is 2.58 bits per heavy atom. The third-order valence-electron chi connectivity index (χ3n) is 3.62. The van der Waals surface area contributed by atoms with Gasteiger partial charge >= 0.3 is 5.97 Å². The van der Waals surface area contributed by atoms with Crippen LogP contribution in [0.25, 0.3) is 0 Å². The highest BCUT2D eigenvalue weighted by Gasteiger charge is 2.36. The van der Waals surface area contributed by atoms with Gasteiger partial charge in [0.15, 0.2) is 0 Å². The molecule has 0 aliphatic carbocycles. The quantitative estimate of drug-likeness (QED) is 0.856. The summed E-state index contributed by atoms with van der Waals surface area (Å²) >= 11 is 0. The normalized spacial score (nSPS) is 22.5. The van der Waals surface area contributed by atoms with E-state index in [2.05, 4.69) is 0 Å². The van der Waals surface area contributed by atoms with E-state index in [0.29, 0.717) is 12.1 Å². The molecule has 2 N–H and O–H groups in total. The minimum absolute atomic E-state index is 0.0363. The molecule has 2 atom stereocenters. The van der Waals surface area contributed by atoms with Crippen molar-refractivity contribution in [1.29, 1.82) is 0 Å². The molecule has 0 aromatic heterocycles. The fraction of sp³-hybridized carbons (Fsp3) is 0.429. The van der Waals surface area contributed by atoms with E-state index >= 15 is 0 Å². The van der Waals surface area contributed by atoms with Gasteiger partial charge in [-0.25, -0.2) is 0 Å². The number of phenolic OH excluding ortho intramolecular Hbond substituents is 1. The van der Waals surface area contributed by atoms with Gasteiger partial charge in [-0.3, -0.25) is 9.59 Å². The molecule has 102 valence electrons. The van der Waals surface area contributed by atoms with Crippen LogP contribution in [0.1, 0.15) is 12.5 Å². The number of aromatic hydroxyl groups is 1. The molecule has 1 aliphatic rings. The minimum atomic E-state index is -0.856. The summed E-state index contributed by atoms with van der Waals surface area (Å²) in [5.41, 5.74) is 0.568. The van der Waals surface area contributed by atoms with Crippen LogP contribution in [0.5, 0.6) is 5.75 Å². The van der Waals surface area contributed by atoms with E-state index < -0.39 is 11.9 Å². The lowest BCUT2D eigenvalue weighted by molar-refractivity contribution is -0.142. The first kappa shape index (κ1) is 13.4. The number of carboxylic acids is 1. The van der Waals surface area contributed by atoms with Crippen LogP contribution in [-0.2, 0) is 16.0 Å². The maximum absolute atomic E-state index is 12.1. The van der Waals surface area contributed by atoms with Crippen molar-refractivity contribution in [2.45, 2.75) is 13.3 Å². The third kappa shape index (κ3) is 2.86. The molecule has 0 bridgehead atoms. The predicted molar refractivity (Wildman–Crippen MR) is 68.7 cm³/mol. The summed E-state index contributed by atoms with van der Waals surface area (Å²) < 4.78 is 0. The second kappa shape index (κ2) is 5.30. The number of para-hydroxylation sites is 1. The first-order valence-electron chi connectivity index (χ1n) is 6.26. The highest BCUT2D eigenvalue weighted by Crippen LogP contribution is 2.25. The molecule has 0 unspecified atom stereocenters. The van der Waals surface area contributed by atoms with E-state index in [0.717, 1.165) is 0 Å². The van der Waals surface area contributed by atoms with E-state index in [1.807, 2.05) is 6.92 Å². The van der Waals surface area contributed by atoms with E-state index in [1.54, 1.807) is 23.1 Å². The summed E-state index contributed by atoms with van der Waals surface area (Å²) in [4.78, 5) is 24.7. The van der Waals surface area contributed by atoms with Gasteiger partial charge in [-0.05, 0) is 12.0 Å². The van der Waals surface area contributed by atoms with Gasteiger partial charge < -0.3 is 15.1 Å². The van der Waals surface area contributed by atoms with Crippen molar-refractivity contribution in [3.63, 3.8) is 0 Å². The summed E-state index contributed by atoms with van der Waals surface area (Å²) in [7, 11) is 0. The van der Waals surface area contributed by atoms with Gasteiger partial charge in [0, 0.05) is 18.7 Å². The van der Waals surface area contributed by atoms with Crippen molar-refractivity contribution in [2.24, 2.45) is 11.8 Å². The zero-order chi connectivity index (χ0) is 14.0. The fourth-order valence-electron chi connectivity index (χ4n) is 2.43. The molecule has 19 heavy (non-hydrogen) atoms. The summed E-state index contributed by atoms with van der Waals surface area (Å²) in [5, 5.41) is 18.7. The van der Waals surface area contributed by atoms with Crippen molar-refractivity contribution in [1.82, 2.24) is 4.90 Å². The predicted octanol–water partition coefficient (Wildman–Crippen LogP) is 1.11. The van der Waals surface area contributed by atoms with E-state index in [-0.39, 0.29) is 30.5 Å². The number of aliphatic carboxylic acids is 1. The first-order chi connectivity index (χ1) is 8.99. The monoisotopic (exact) mass is 263 g/mol. The molecule has 5 heteroatoms. The molecule has 2 rings (SSSR count). The summed E-state index contributed by atoms with van der Waals surface area (Å²) in [6, 6.07) is 6.69. The Balaban J connectivity index is 2.02. The number of carboxylic acid groups (broad SMARTS) is 1. The first-order valence-corrected chi connectivity index (χ1v) is 6.26. The maximum atomic E-state index is 12.1. The van der Waals surface area contributed by atoms with Crippen molar-refractivity contribution in [3.8, 4) is 5.75 Å². The molecular formula is C14H17NO4. The van der Waals surface area contributed by atoms with Gasteiger partial charge in [0.2, 0.25) is 5.91 Å². The number of hydrogen-bond donors (Lipinski definition) is 2. The lowest BCUT2D eigenvalue weighted by Gasteiger charge is -2.16. The van der Waals surface area contributed by atoms with Crippen molar-refractivity contribution in [2.75, 3.05) is 13.1 Å². The number of benzene rings is 1. The average molecular weight is 263 g/mol. The number of rotatable bonds is 3. The minimum Gasteiger partial charge on any atom is -0.508 e. The zero-order valence-corrected chi connectivity index (χ0v) is 10.7. The average Bonchev–Trinajstić information content (AvgIpc) is 2.74. The summed E-state index contributed by atoms with van der Waals surface area (Å²) in [6.45, 7) is 2.55. The van der Waals surface area contributed by atoms with E-state index in [4.69, 9.17) is 5.11 Å². The van der Waals surface area contributed by atoms with Crippen LogP contribution in [-0.4, -0.2) is 40.1 Å². The van der Waals surface area contributed by atoms with Gasteiger partial charge in [0.25, 0.3) is 0 Å². The standard InChI is InChI=1S/C14H17NO4/c1-9-7-15(8-11(9)14(18)19)13(17)6-10-4-2-3-5-12(10)16/h2-5,9,11,16H,6-8H2,1H3,(H,18,19)/t9-,11-/m1/s1. The Hall–Kier alpha value is -2.04. The molecule has 5 nitrogen and oxygen atoms in total. The Morgan fingerprint density at radius 2 is 2.00 bits per heavy atom. The smallest absolute Gasteiger partial charge is 0.308 e. The van der Waals surface area contributed by atoms with E-state index in [1.165, 1.54) is 6.07 Å². The van der Waals surface area contributed by atoms with E-state index in [9.17, 15) is 14.7 Å². The number of carbonyl (C=O) groups excluding carboxylic acids is 1. The zero-order valence-electron chi connectivity index (χ0n) is 10.7. The van der Waals surface area contributed by atoms with Crippen LogP contribution in [0, 0.1) is 11.8 Å². The third-order valence-corrected chi connectivity index (χ3v) is 3.62. The second-order valence-corrected chi connectivity index (χ2v) is 5.03. The molecule has 1 aromatic carbocycles. The van der Waals surface area contributed by atoms with Crippen LogP contribution in [0.2, 0.25) is 0 Å².